The maximum atomic E-state index is 15.1. The van der Waals surface area contributed by atoms with Crippen molar-refractivity contribution in [3.05, 3.63) is 118 Å². The van der Waals surface area contributed by atoms with E-state index >= 15 is 4.39 Å². The maximum absolute atomic E-state index is 15.1. The zero-order valence-electron chi connectivity index (χ0n) is 22.9. The molecule has 0 spiro atoms. The van der Waals surface area contributed by atoms with E-state index in [0.717, 1.165) is 18.4 Å². The number of benzene rings is 3. The second-order valence-corrected chi connectivity index (χ2v) is 10.3. The Bertz CT molecular complexity index is 1850. The van der Waals surface area contributed by atoms with E-state index in [2.05, 4.69) is 10.3 Å². The Kier molecular flexibility index (Phi) is 7.16. The van der Waals surface area contributed by atoms with Gasteiger partial charge >= 0.3 is 6.09 Å². The van der Waals surface area contributed by atoms with Gasteiger partial charge in [0.05, 0.1) is 41.8 Å². The van der Waals surface area contributed by atoms with Crippen molar-refractivity contribution in [3.63, 3.8) is 0 Å². The van der Waals surface area contributed by atoms with Crippen LogP contribution in [0.3, 0.4) is 0 Å². The summed E-state index contributed by atoms with van der Waals surface area (Å²) >= 11 is 0. The number of hydrogen-bond donors (Lipinski definition) is 1. The van der Waals surface area contributed by atoms with Crippen molar-refractivity contribution < 1.29 is 23.0 Å². The van der Waals surface area contributed by atoms with Gasteiger partial charge in [-0.3, -0.25) is 14.3 Å². The van der Waals surface area contributed by atoms with Crippen LogP contribution in [0.25, 0.3) is 27.7 Å². The molecule has 1 atom stereocenters. The molecule has 1 aliphatic carbocycles. The third kappa shape index (κ3) is 5.21. The van der Waals surface area contributed by atoms with Gasteiger partial charge < -0.3 is 14.8 Å². The molecule has 3 aromatic carbocycles. The Balaban J connectivity index is 1.37. The highest BCUT2D eigenvalue weighted by Crippen LogP contribution is 2.41. The first-order chi connectivity index (χ1) is 20.3. The first-order valence-electron chi connectivity index (χ1n) is 13.5. The van der Waals surface area contributed by atoms with Crippen LogP contribution in [0.15, 0.2) is 89.9 Å². The lowest BCUT2D eigenvalue weighted by Crippen LogP contribution is -2.33. The van der Waals surface area contributed by atoms with E-state index in [1.165, 1.54) is 41.1 Å². The fourth-order valence-electron chi connectivity index (χ4n) is 5.23. The first kappa shape index (κ1) is 27.1. The lowest BCUT2D eigenvalue weighted by molar-refractivity contribution is 0.194. The Morgan fingerprint density at radius 1 is 1.02 bits per heavy atom. The molecule has 2 heterocycles. The van der Waals surface area contributed by atoms with Crippen molar-refractivity contribution in [2.45, 2.75) is 25.8 Å². The number of hydrogen-bond acceptors (Lipinski definition) is 5. The molecule has 212 valence electrons. The second-order valence-electron chi connectivity index (χ2n) is 10.3. The zero-order chi connectivity index (χ0) is 29.4. The highest BCUT2D eigenvalue weighted by atomic mass is 19.1. The minimum absolute atomic E-state index is 0.0367. The normalized spacial score (nSPS) is 13.5. The monoisotopic (exact) mass is 567 g/mol. The van der Waals surface area contributed by atoms with Crippen molar-refractivity contribution in [1.29, 1.82) is 0 Å². The molecule has 7 nitrogen and oxygen atoms in total. The van der Waals surface area contributed by atoms with Crippen molar-refractivity contribution >= 4 is 16.9 Å². The third-order valence-corrected chi connectivity index (χ3v) is 7.50. The van der Waals surface area contributed by atoms with Crippen molar-refractivity contribution in [1.82, 2.24) is 14.9 Å². The van der Waals surface area contributed by atoms with Crippen LogP contribution in [-0.2, 0) is 0 Å². The number of carbonyl (C=O) groups is 1. The molecule has 1 N–H and O–H groups in total. The molecular weight excluding hydrogens is 540 g/mol. The largest absolute Gasteiger partial charge is 0.497 e. The van der Waals surface area contributed by atoms with Gasteiger partial charge in [-0.05, 0) is 85.8 Å². The smallest absolute Gasteiger partial charge is 0.413 e. The average Bonchev–Trinajstić information content (AvgIpc) is 3.84. The first-order valence-corrected chi connectivity index (χ1v) is 13.5. The van der Waals surface area contributed by atoms with Crippen molar-refractivity contribution in [2.24, 2.45) is 5.92 Å². The van der Waals surface area contributed by atoms with Crippen molar-refractivity contribution in [3.8, 4) is 28.4 Å². The molecule has 5 aromatic rings. The fourth-order valence-corrected chi connectivity index (χ4v) is 5.23. The number of carbonyl (C=O) groups excluding carboxylic acids is 1. The van der Waals surface area contributed by atoms with Gasteiger partial charge in [-0.15, -0.1) is 0 Å². The predicted octanol–water partition coefficient (Wildman–Crippen LogP) is 6.89. The van der Waals surface area contributed by atoms with Crippen LogP contribution in [0.4, 0.5) is 13.6 Å². The molecule has 0 saturated heterocycles. The molecular formula is C33H27F2N3O4. The van der Waals surface area contributed by atoms with E-state index in [1.54, 1.807) is 38.3 Å². The van der Waals surface area contributed by atoms with Gasteiger partial charge in [0.2, 0.25) is 0 Å². The lowest BCUT2D eigenvalue weighted by Gasteiger charge is -2.21. The molecule has 6 rings (SSSR count). The van der Waals surface area contributed by atoms with Crippen LogP contribution < -0.4 is 20.3 Å². The van der Waals surface area contributed by atoms with Crippen LogP contribution in [0.2, 0.25) is 0 Å². The Morgan fingerprint density at radius 3 is 2.45 bits per heavy atom. The van der Waals surface area contributed by atoms with Crippen LogP contribution in [0, 0.1) is 24.5 Å². The summed E-state index contributed by atoms with van der Waals surface area (Å²) in [4.78, 5) is 31.4. The zero-order valence-corrected chi connectivity index (χ0v) is 22.9. The number of rotatable bonds is 7. The molecule has 1 saturated carbocycles. The van der Waals surface area contributed by atoms with Gasteiger partial charge in [-0.25, -0.2) is 13.6 Å². The van der Waals surface area contributed by atoms with Crippen LogP contribution in [0.1, 0.15) is 30.1 Å². The van der Waals surface area contributed by atoms with Gasteiger partial charge in [0.25, 0.3) is 5.56 Å². The van der Waals surface area contributed by atoms with E-state index in [4.69, 9.17) is 9.47 Å². The number of amides is 1. The third-order valence-electron chi connectivity index (χ3n) is 7.50. The second kappa shape index (κ2) is 11.1. The SMILES string of the molecule is COc1ccc(-c2ccc(-n3c(C)c(OC(=O)N[C@H](c4cccc(F)c4)C4CC4)c4cccc(F)c4c3=O)cn2)cc1. The molecule has 2 aromatic heterocycles. The summed E-state index contributed by atoms with van der Waals surface area (Å²) in [6.45, 7) is 1.62. The number of ether oxygens (including phenoxy) is 2. The highest BCUT2D eigenvalue weighted by Gasteiger charge is 2.34. The van der Waals surface area contributed by atoms with E-state index < -0.39 is 29.3 Å². The standard InChI is InChI=1S/C33H27F2N3O4/c1-19-31(42-33(40)37-30(21-9-10-21)22-5-3-6-23(34)17-22)26-7-4-8-27(35)29(26)32(39)38(19)24-13-16-28(36-18-24)20-11-14-25(41-2)15-12-20/h3-8,11-18,21,30H,9-10H2,1-2H3,(H,37,40)/t30-/m0/s1. The van der Waals surface area contributed by atoms with Crippen LogP contribution >= 0.6 is 0 Å². The number of nitrogens with one attached hydrogen (secondary N) is 1. The fraction of sp³-hybridized carbons (Fsp3) is 0.182. The predicted molar refractivity (Wildman–Crippen MR) is 155 cm³/mol. The van der Waals surface area contributed by atoms with Crippen LogP contribution in [0.5, 0.6) is 11.5 Å². The number of nitrogens with zero attached hydrogens (tertiary/aromatic N) is 2. The number of aromatic nitrogens is 2. The molecule has 0 radical (unpaired) electrons. The van der Waals surface area contributed by atoms with Gasteiger partial charge in [0, 0.05) is 10.9 Å². The average molecular weight is 568 g/mol. The maximum Gasteiger partial charge on any atom is 0.413 e. The van der Waals surface area contributed by atoms with Gasteiger partial charge in [-0.1, -0.05) is 24.3 Å². The molecule has 9 heteroatoms. The summed E-state index contributed by atoms with van der Waals surface area (Å²) < 4.78 is 41.3. The van der Waals surface area contributed by atoms with Gasteiger partial charge in [-0.2, -0.15) is 0 Å². The Labute approximate surface area is 240 Å². The quantitative estimate of drug-likeness (QED) is 0.232. The number of halogens is 2. The van der Waals surface area contributed by atoms with Crippen molar-refractivity contribution in [2.75, 3.05) is 7.11 Å². The molecule has 0 aliphatic heterocycles. The van der Waals surface area contributed by atoms with E-state index in [-0.39, 0.29) is 22.4 Å². The highest BCUT2D eigenvalue weighted by molar-refractivity contribution is 5.91. The Morgan fingerprint density at radius 2 is 1.79 bits per heavy atom. The summed E-state index contributed by atoms with van der Waals surface area (Å²) in [5.74, 6) is -0.237. The summed E-state index contributed by atoms with van der Waals surface area (Å²) in [6, 6.07) is 20.6. The number of fused-ring (bicyclic) bond motifs is 1. The Hall–Kier alpha value is -5.05. The summed E-state index contributed by atoms with van der Waals surface area (Å²) in [5, 5.41) is 2.81. The molecule has 1 fully saturated rings. The molecule has 0 unspecified atom stereocenters. The molecule has 42 heavy (non-hydrogen) atoms. The van der Waals surface area contributed by atoms with E-state index in [9.17, 15) is 14.0 Å². The minimum atomic E-state index is -0.789. The van der Waals surface area contributed by atoms with Gasteiger partial charge in [0.1, 0.15) is 17.4 Å². The van der Waals surface area contributed by atoms with E-state index in [0.29, 0.717) is 28.4 Å². The topological polar surface area (TPSA) is 82.5 Å². The molecule has 0 bridgehead atoms. The summed E-state index contributed by atoms with van der Waals surface area (Å²) in [7, 11) is 1.59. The minimum Gasteiger partial charge on any atom is -0.497 e. The molecule has 1 aliphatic rings. The van der Waals surface area contributed by atoms with E-state index in [1.807, 2.05) is 24.3 Å². The van der Waals surface area contributed by atoms with Crippen LogP contribution in [-0.4, -0.2) is 22.8 Å². The number of methoxy groups -OCH3 is 1. The summed E-state index contributed by atoms with van der Waals surface area (Å²) in [5.41, 5.74) is 2.21. The summed E-state index contributed by atoms with van der Waals surface area (Å²) in [6.07, 6.45) is 2.50. The lowest BCUT2D eigenvalue weighted by atomic mass is 10.0. The molecule has 1 amide bonds. The number of pyridine rings is 2. The van der Waals surface area contributed by atoms with Gasteiger partial charge in [0.15, 0.2) is 5.75 Å².